The zero-order valence-electron chi connectivity index (χ0n) is 13.0. The van der Waals surface area contributed by atoms with E-state index < -0.39 is 6.04 Å². The smallest absolute Gasteiger partial charge is 0.239 e. The lowest BCUT2D eigenvalue weighted by molar-refractivity contribution is -0.127. The van der Waals surface area contributed by atoms with Crippen molar-refractivity contribution in [3.8, 4) is 0 Å². The molecule has 2 amide bonds. The fourth-order valence-electron chi connectivity index (χ4n) is 1.90. The van der Waals surface area contributed by atoms with E-state index in [1.54, 1.807) is 0 Å². The minimum atomic E-state index is -0.567. The minimum absolute atomic E-state index is 0.0148. The normalized spacial score (nSPS) is 17.9. The van der Waals surface area contributed by atoms with Gasteiger partial charge >= 0.3 is 0 Å². The number of likely N-dealkylation sites (N-methyl/N-ethyl adjacent to an activating group) is 1. The molecule has 0 aromatic carbocycles. The number of nitrogens with zero attached hydrogens (tertiary/aromatic N) is 1. The molecule has 1 fully saturated rings. The van der Waals surface area contributed by atoms with Crippen LogP contribution in [0.3, 0.4) is 0 Å². The minimum Gasteiger partial charge on any atom is -0.353 e. The molecule has 1 aliphatic rings. The summed E-state index contributed by atoms with van der Waals surface area (Å²) in [5.41, 5.74) is 5.70. The summed E-state index contributed by atoms with van der Waals surface area (Å²) in [5.74, 6) is -0.395. The van der Waals surface area contributed by atoms with Gasteiger partial charge < -0.3 is 16.4 Å². The van der Waals surface area contributed by atoms with Crippen molar-refractivity contribution in [2.45, 2.75) is 51.7 Å². The van der Waals surface area contributed by atoms with Gasteiger partial charge in [-0.15, -0.1) is 0 Å². The van der Waals surface area contributed by atoms with Crippen molar-refractivity contribution in [1.82, 2.24) is 15.5 Å². The molecular formula is C14H28N4O2. The summed E-state index contributed by atoms with van der Waals surface area (Å²) in [6, 6.07) is 0.411. The molecular weight excluding hydrogens is 256 g/mol. The van der Waals surface area contributed by atoms with Crippen molar-refractivity contribution >= 4 is 11.8 Å². The highest BCUT2D eigenvalue weighted by atomic mass is 16.2. The van der Waals surface area contributed by atoms with Crippen LogP contribution in [0.2, 0.25) is 0 Å². The fraction of sp³-hybridized carbons (Fsp3) is 0.857. The Balaban J connectivity index is 2.18. The quantitative estimate of drug-likeness (QED) is 0.570. The van der Waals surface area contributed by atoms with E-state index in [2.05, 4.69) is 29.5 Å². The van der Waals surface area contributed by atoms with E-state index in [0.717, 1.165) is 0 Å². The summed E-state index contributed by atoms with van der Waals surface area (Å²) in [7, 11) is 2.08. The Kier molecular flexibility index (Phi) is 6.42. The van der Waals surface area contributed by atoms with Crippen molar-refractivity contribution in [2.24, 2.45) is 11.7 Å². The molecule has 0 aliphatic heterocycles. The lowest BCUT2D eigenvalue weighted by atomic mass is 10.1. The predicted octanol–water partition coefficient (Wildman–Crippen LogP) is -0.315. The summed E-state index contributed by atoms with van der Waals surface area (Å²) in [6.45, 7) is 6.42. The molecule has 116 valence electrons. The predicted molar refractivity (Wildman–Crippen MR) is 79.1 cm³/mol. The number of nitrogens with one attached hydrogen (secondary N) is 2. The third kappa shape index (κ3) is 5.46. The van der Waals surface area contributed by atoms with E-state index >= 15 is 0 Å². The molecule has 1 rings (SSSR count). The molecule has 0 aromatic heterocycles. The van der Waals surface area contributed by atoms with Gasteiger partial charge in [0.15, 0.2) is 0 Å². The summed E-state index contributed by atoms with van der Waals surface area (Å²) >= 11 is 0. The highest BCUT2D eigenvalue weighted by molar-refractivity contribution is 5.87. The van der Waals surface area contributed by atoms with Gasteiger partial charge in [-0.2, -0.15) is 0 Å². The van der Waals surface area contributed by atoms with Crippen molar-refractivity contribution in [3.05, 3.63) is 0 Å². The number of carbonyl (C=O) groups excluding carboxylic acids is 2. The Morgan fingerprint density at radius 3 is 2.35 bits per heavy atom. The van der Waals surface area contributed by atoms with E-state index in [0.29, 0.717) is 18.6 Å². The average Bonchev–Trinajstić information content (AvgIpc) is 3.24. The van der Waals surface area contributed by atoms with E-state index in [1.165, 1.54) is 12.8 Å². The SMILES string of the molecule is CC(C)[C@H](N)C(=O)NCC(=O)NCC(C)N(C)C1CC1. The summed E-state index contributed by atoms with van der Waals surface area (Å²) in [4.78, 5) is 25.6. The highest BCUT2D eigenvalue weighted by Crippen LogP contribution is 2.26. The molecule has 6 heteroatoms. The molecule has 0 heterocycles. The second-order valence-electron chi connectivity index (χ2n) is 6.04. The number of nitrogens with two attached hydrogens (primary N) is 1. The Morgan fingerprint density at radius 2 is 1.85 bits per heavy atom. The topological polar surface area (TPSA) is 87.5 Å². The standard InChI is InChI=1S/C14H28N4O2/c1-9(2)13(15)14(20)17-8-12(19)16-7-10(3)18(4)11-5-6-11/h9-11,13H,5-8,15H2,1-4H3,(H,16,19)(H,17,20)/t10?,13-/m0/s1. The fourth-order valence-corrected chi connectivity index (χ4v) is 1.90. The monoisotopic (exact) mass is 284 g/mol. The van der Waals surface area contributed by atoms with Crippen molar-refractivity contribution in [3.63, 3.8) is 0 Å². The Morgan fingerprint density at radius 1 is 1.25 bits per heavy atom. The Labute approximate surface area is 121 Å². The number of amides is 2. The number of rotatable bonds is 8. The summed E-state index contributed by atoms with van der Waals surface area (Å²) < 4.78 is 0. The van der Waals surface area contributed by atoms with Gasteiger partial charge in [-0.3, -0.25) is 14.5 Å². The van der Waals surface area contributed by atoms with Gasteiger partial charge in [-0.1, -0.05) is 13.8 Å². The first-order valence-corrected chi connectivity index (χ1v) is 7.34. The van der Waals surface area contributed by atoms with Crippen LogP contribution in [0.1, 0.15) is 33.6 Å². The Bertz CT molecular complexity index is 342. The van der Waals surface area contributed by atoms with Crippen LogP contribution in [-0.2, 0) is 9.59 Å². The molecule has 0 aromatic rings. The third-order valence-corrected chi connectivity index (χ3v) is 3.86. The number of carbonyl (C=O) groups is 2. The van der Waals surface area contributed by atoms with Crippen LogP contribution >= 0.6 is 0 Å². The maximum Gasteiger partial charge on any atom is 0.239 e. The van der Waals surface area contributed by atoms with Gasteiger partial charge in [-0.25, -0.2) is 0 Å². The zero-order chi connectivity index (χ0) is 15.3. The zero-order valence-corrected chi connectivity index (χ0v) is 13.0. The van der Waals surface area contributed by atoms with Crippen molar-refractivity contribution < 1.29 is 9.59 Å². The van der Waals surface area contributed by atoms with Crippen LogP contribution in [0.4, 0.5) is 0 Å². The largest absolute Gasteiger partial charge is 0.353 e. The van der Waals surface area contributed by atoms with E-state index in [4.69, 9.17) is 5.73 Å². The van der Waals surface area contributed by atoms with Crippen LogP contribution in [-0.4, -0.2) is 55.0 Å². The first-order valence-electron chi connectivity index (χ1n) is 7.34. The van der Waals surface area contributed by atoms with Crippen LogP contribution in [0.5, 0.6) is 0 Å². The van der Waals surface area contributed by atoms with Crippen LogP contribution in [0, 0.1) is 5.92 Å². The molecule has 20 heavy (non-hydrogen) atoms. The lowest BCUT2D eigenvalue weighted by Gasteiger charge is -2.24. The van der Waals surface area contributed by atoms with Gasteiger partial charge in [0.25, 0.3) is 0 Å². The molecule has 0 radical (unpaired) electrons. The van der Waals surface area contributed by atoms with Crippen LogP contribution in [0.15, 0.2) is 0 Å². The van der Waals surface area contributed by atoms with Gasteiger partial charge in [0.2, 0.25) is 11.8 Å². The molecule has 0 saturated heterocycles. The van der Waals surface area contributed by atoms with E-state index in [9.17, 15) is 9.59 Å². The number of hydrogen-bond donors (Lipinski definition) is 3. The molecule has 1 aliphatic carbocycles. The maximum atomic E-state index is 11.7. The first kappa shape index (κ1) is 16.9. The summed E-state index contributed by atoms with van der Waals surface area (Å²) in [6.07, 6.45) is 2.50. The summed E-state index contributed by atoms with van der Waals surface area (Å²) in [5, 5.41) is 5.40. The first-order chi connectivity index (χ1) is 9.32. The second-order valence-corrected chi connectivity index (χ2v) is 6.04. The maximum absolute atomic E-state index is 11.7. The van der Waals surface area contributed by atoms with E-state index in [-0.39, 0.29) is 24.3 Å². The Hall–Kier alpha value is -1.14. The van der Waals surface area contributed by atoms with Crippen molar-refractivity contribution in [1.29, 1.82) is 0 Å². The molecule has 1 saturated carbocycles. The molecule has 2 atom stereocenters. The third-order valence-electron chi connectivity index (χ3n) is 3.86. The molecule has 0 spiro atoms. The van der Waals surface area contributed by atoms with E-state index in [1.807, 2.05) is 13.8 Å². The van der Waals surface area contributed by atoms with Gasteiger partial charge in [-0.05, 0) is 32.7 Å². The van der Waals surface area contributed by atoms with Gasteiger partial charge in [0.05, 0.1) is 12.6 Å². The molecule has 6 nitrogen and oxygen atoms in total. The van der Waals surface area contributed by atoms with Gasteiger partial charge in [0, 0.05) is 18.6 Å². The lowest BCUT2D eigenvalue weighted by Crippen LogP contribution is -2.48. The second kappa shape index (κ2) is 7.59. The molecule has 4 N–H and O–H groups in total. The van der Waals surface area contributed by atoms with Gasteiger partial charge in [0.1, 0.15) is 0 Å². The molecule has 0 bridgehead atoms. The number of hydrogen-bond acceptors (Lipinski definition) is 4. The van der Waals surface area contributed by atoms with Crippen LogP contribution in [0.25, 0.3) is 0 Å². The highest BCUT2D eigenvalue weighted by Gasteiger charge is 2.29. The van der Waals surface area contributed by atoms with Crippen LogP contribution < -0.4 is 16.4 Å². The van der Waals surface area contributed by atoms with Crippen molar-refractivity contribution in [2.75, 3.05) is 20.1 Å². The molecule has 1 unspecified atom stereocenters. The average molecular weight is 284 g/mol.